The first-order chi connectivity index (χ1) is 9.42. The predicted molar refractivity (Wildman–Crippen MR) is 76.3 cm³/mol. The Kier molecular flexibility index (Phi) is 4.67. The molecule has 112 valence electrons. The summed E-state index contributed by atoms with van der Waals surface area (Å²) in [4.78, 5) is 0.226. The van der Waals surface area contributed by atoms with Gasteiger partial charge in [-0.05, 0) is 36.1 Å². The number of rotatable bonds is 6. The Morgan fingerprint density at radius 3 is 2.80 bits per heavy atom. The molecule has 0 spiro atoms. The molecule has 1 aromatic rings. The maximum Gasteiger partial charge on any atom is 0.240 e. The second kappa shape index (κ2) is 6.11. The van der Waals surface area contributed by atoms with Crippen LogP contribution in [0.1, 0.15) is 25.8 Å². The summed E-state index contributed by atoms with van der Waals surface area (Å²) in [6.45, 7) is 4.37. The average Bonchev–Trinajstić information content (AvgIpc) is 2.84. The lowest BCUT2D eigenvalue weighted by Crippen LogP contribution is -2.38. The topological polar surface area (TPSA) is 75.6 Å². The normalized spacial score (nSPS) is 16.0. The number of fused-ring (bicyclic) bond motifs is 1. The third-order valence-electron chi connectivity index (χ3n) is 3.27. The highest BCUT2D eigenvalue weighted by Crippen LogP contribution is 2.27. The van der Waals surface area contributed by atoms with E-state index in [1.54, 1.807) is 12.1 Å². The minimum absolute atomic E-state index is 0.203. The fraction of sp³-hybridized carbons (Fsp3) is 0.571. The van der Waals surface area contributed by atoms with Gasteiger partial charge >= 0.3 is 0 Å². The fourth-order valence-corrected chi connectivity index (χ4v) is 3.64. The van der Waals surface area contributed by atoms with Crippen molar-refractivity contribution in [1.82, 2.24) is 4.72 Å². The van der Waals surface area contributed by atoms with Crippen molar-refractivity contribution in [1.29, 1.82) is 0 Å². The zero-order valence-electron chi connectivity index (χ0n) is 11.8. The van der Waals surface area contributed by atoms with Crippen molar-refractivity contribution in [3.05, 3.63) is 23.8 Å². The van der Waals surface area contributed by atoms with E-state index in [1.165, 1.54) is 6.07 Å². The molecule has 1 aliphatic heterocycles. The van der Waals surface area contributed by atoms with Crippen molar-refractivity contribution >= 4 is 10.0 Å². The number of sulfonamides is 1. The van der Waals surface area contributed by atoms with E-state index in [-0.39, 0.29) is 11.5 Å². The lowest BCUT2D eigenvalue weighted by molar-refractivity contribution is 0.240. The van der Waals surface area contributed by atoms with Crippen LogP contribution in [0, 0.1) is 5.92 Å². The van der Waals surface area contributed by atoms with E-state index in [9.17, 15) is 13.5 Å². The van der Waals surface area contributed by atoms with Crippen LogP contribution < -0.4 is 9.46 Å². The zero-order chi connectivity index (χ0) is 14.8. The van der Waals surface area contributed by atoms with Gasteiger partial charge in [0.25, 0.3) is 0 Å². The number of ether oxygens (including phenoxy) is 1. The predicted octanol–water partition coefficient (Wildman–Crippen LogP) is 1.31. The van der Waals surface area contributed by atoms with Crippen LogP contribution in [0.15, 0.2) is 23.1 Å². The first-order valence-corrected chi connectivity index (χ1v) is 8.29. The maximum atomic E-state index is 12.3. The number of hydrogen-bond acceptors (Lipinski definition) is 4. The molecule has 2 rings (SSSR count). The quantitative estimate of drug-likeness (QED) is 0.830. The van der Waals surface area contributed by atoms with Gasteiger partial charge in [0.2, 0.25) is 10.0 Å². The van der Waals surface area contributed by atoms with Crippen LogP contribution in [0.25, 0.3) is 0 Å². The van der Waals surface area contributed by atoms with E-state index < -0.39 is 16.1 Å². The molecule has 0 radical (unpaired) electrons. The van der Waals surface area contributed by atoms with E-state index in [4.69, 9.17) is 4.74 Å². The fourth-order valence-electron chi connectivity index (χ4n) is 2.35. The summed E-state index contributed by atoms with van der Waals surface area (Å²) in [6.07, 6.45) is 1.33. The number of nitrogens with one attached hydrogen (secondary N) is 1. The molecule has 1 heterocycles. The Morgan fingerprint density at radius 1 is 1.40 bits per heavy atom. The van der Waals surface area contributed by atoms with Crippen LogP contribution in [-0.4, -0.2) is 32.8 Å². The minimum Gasteiger partial charge on any atom is -0.493 e. The Morgan fingerprint density at radius 2 is 2.15 bits per heavy atom. The molecule has 0 aliphatic carbocycles. The Bertz CT molecular complexity index is 569. The maximum absolute atomic E-state index is 12.3. The van der Waals surface area contributed by atoms with Crippen molar-refractivity contribution in [2.45, 2.75) is 37.6 Å². The molecule has 0 bridgehead atoms. The molecule has 1 unspecified atom stereocenters. The van der Waals surface area contributed by atoms with Crippen LogP contribution in [0.4, 0.5) is 0 Å². The van der Waals surface area contributed by atoms with Crippen LogP contribution in [0.3, 0.4) is 0 Å². The highest BCUT2D eigenvalue weighted by atomic mass is 32.2. The van der Waals surface area contributed by atoms with Gasteiger partial charge in [-0.15, -0.1) is 0 Å². The van der Waals surface area contributed by atoms with Crippen molar-refractivity contribution in [2.24, 2.45) is 5.92 Å². The molecular weight excluding hydrogens is 278 g/mol. The van der Waals surface area contributed by atoms with Gasteiger partial charge in [0, 0.05) is 12.5 Å². The molecular formula is C14H21NO4S. The second-order valence-electron chi connectivity index (χ2n) is 5.50. The number of aliphatic hydroxyl groups excluding tert-OH is 1. The van der Waals surface area contributed by atoms with Gasteiger partial charge in [0.05, 0.1) is 18.1 Å². The van der Waals surface area contributed by atoms with Crippen molar-refractivity contribution in [3.63, 3.8) is 0 Å². The third kappa shape index (κ3) is 3.50. The van der Waals surface area contributed by atoms with Crippen molar-refractivity contribution < 1.29 is 18.3 Å². The van der Waals surface area contributed by atoms with Crippen molar-refractivity contribution in [3.8, 4) is 5.75 Å². The summed E-state index contributed by atoms with van der Waals surface area (Å²) in [6, 6.07) is 4.42. The van der Waals surface area contributed by atoms with E-state index >= 15 is 0 Å². The van der Waals surface area contributed by atoms with Gasteiger partial charge in [0.1, 0.15) is 5.75 Å². The standard InChI is InChI=1S/C14H21NO4S/c1-10(2)7-12(9-16)15-20(17,18)13-3-4-14-11(8-13)5-6-19-14/h3-4,8,10,12,15-16H,5-7,9H2,1-2H3. The first-order valence-electron chi connectivity index (χ1n) is 6.81. The van der Waals surface area contributed by atoms with Gasteiger partial charge in [-0.25, -0.2) is 13.1 Å². The monoisotopic (exact) mass is 299 g/mol. The van der Waals surface area contributed by atoms with Gasteiger partial charge < -0.3 is 9.84 Å². The molecule has 0 aromatic heterocycles. The summed E-state index contributed by atoms with van der Waals surface area (Å²) in [5.74, 6) is 1.06. The molecule has 20 heavy (non-hydrogen) atoms. The minimum atomic E-state index is -3.60. The molecule has 0 saturated heterocycles. The van der Waals surface area contributed by atoms with Gasteiger partial charge in [-0.2, -0.15) is 0 Å². The molecule has 0 saturated carbocycles. The number of benzene rings is 1. The largest absolute Gasteiger partial charge is 0.493 e. The van der Waals surface area contributed by atoms with Crippen LogP contribution in [0.5, 0.6) is 5.75 Å². The van der Waals surface area contributed by atoms with Crippen LogP contribution >= 0.6 is 0 Å². The molecule has 1 aliphatic rings. The SMILES string of the molecule is CC(C)CC(CO)NS(=O)(=O)c1ccc2c(c1)CCO2. The lowest BCUT2D eigenvalue weighted by Gasteiger charge is -2.18. The zero-order valence-corrected chi connectivity index (χ0v) is 12.6. The highest BCUT2D eigenvalue weighted by Gasteiger charge is 2.22. The molecule has 2 N–H and O–H groups in total. The first kappa shape index (κ1) is 15.3. The van der Waals surface area contributed by atoms with E-state index in [0.29, 0.717) is 18.9 Å². The molecule has 5 nitrogen and oxygen atoms in total. The second-order valence-corrected chi connectivity index (χ2v) is 7.21. The Hall–Kier alpha value is -1.11. The van der Waals surface area contributed by atoms with Gasteiger partial charge in [0.15, 0.2) is 0 Å². The summed E-state index contributed by atoms with van der Waals surface area (Å²) < 4.78 is 32.6. The summed E-state index contributed by atoms with van der Waals surface area (Å²) in [5.41, 5.74) is 0.914. The van der Waals surface area contributed by atoms with E-state index in [0.717, 1.165) is 17.7 Å². The third-order valence-corrected chi connectivity index (χ3v) is 4.79. The van der Waals surface area contributed by atoms with E-state index in [1.807, 2.05) is 13.8 Å². The number of aliphatic hydroxyl groups is 1. The smallest absolute Gasteiger partial charge is 0.240 e. The Labute approximate surface area is 120 Å². The lowest BCUT2D eigenvalue weighted by atomic mass is 10.1. The van der Waals surface area contributed by atoms with Crippen LogP contribution in [0.2, 0.25) is 0 Å². The molecule has 0 fully saturated rings. The van der Waals surface area contributed by atoms with Gasteiger partial charge in [-0.3, -0.25) is 0 Å². The summed E-state index contributed by atoms with van der Waals surface area (Å²) >= 11 is 0. The molecule has 0 amide bonds. The molecule has 1 aromatic carbocycles. The summed E-state index contributed by atoms with van der Waals surface area (Å²) in [7, 11) is -3.60. The molecule has 6 heteroatoms. The van der Waals surface area contributed by atoms with Crippen LogP contribution in [-0.2, 0) is 16.4 Å². The summed E-state index contributed by atoms with van der Waals surface area (Å²) in [5, 5.41) is 9.29. The van der Waals surface area contributed by atoms with Gasteiger partial charge in [-0.1, -0.05) is 13.8 Å². The molecule has 1 atom stereocenters. The average molecular weight is 299 g/mol. The van der Waals surface area contributed by atoms with E-state index in [2.05, 4.69) is 4.72 Å². The number of hydrogen-bond donors (Lipinski definition) is 2. The Balaban J connectivity index is 2.17. The van der Waals surface area contributed by atoms with Crippen molar-refractivity contribution in [2.75, 3.05) is 13.2 Å². The highest BCUT2D eigenvalue weighted by molar-refractivity contribution is 7.89.